The average Bonchev–Trinajstić information content (AvgIpc) is 3.10. The van der Waals surface area contributed by atoms with Crippen molar-refractivity contribution in [3.63, 3.8) is 0 Å². The molecule has 0 aliphatic carbocycles. The molecule has 0 saturated carbocycles. The molecule has 0 radical (unpaired) electrons. The van der Waals surface area contributed by atoms with E-state index in [0.717, 1.165) is 93.3 Å². The third-order valence-corrected chi connectivity index (χ3v) is 8.65. The number of benzene rings is 2. The van der Waals surface area contributed by atoms with Crippen molar-refractivity contribution in [1.82, 2.24) is 10.2 Å². The molecule has 1 aliphatic heterocycles. The average molecular weight is 676 g/mol. The van der Waals surface area contributed by atoms with E-state index in [1.165, 1.54) is 35.4 Å². The first kappa shape index (κ1) is 41.6. The first-order valence-corrected chi connectivity index (χ1v) is 18.5. The lowest BCUT2D eigenvalue weighted by molar-refractivity contribution is -0.121. The summed E-state index contributed by atoms with van der Waals surface area (Å²) in [5.41, 5.74) is 8.25. The van der Waals surface area contributed by atoms with E-state index in [1.54, 1.807) is 7.11 Å². The lowest BCUT2D eigenvalue weighted by Crippen LogP contribution is -2.41. The molecule has 0 unspecified atom stereocenters. The van der Waals surface area contributed by atoms with Crippen LogP contribution < -0.4 is 15.0 Å². The van der Waals surface area contributed by atoms with Crippen molar-refractivity contribution in [2.45, 2.75) is 93.4 Å². The normalized spacial score (nSPS) is 13.9. The monoisotopic (exact) mass is 675 g/mol. The Bertz CT molecular complexity index is 1320. The van der Waals surface area contributed by atoms with E-state index in [1.807, 2.05) is 32.9 Å². The van der Waals surface area contributed by atoms with Crippen LogP contribution in [-0.2, 0) is 20.7 Å². The third-order valence-electron chi connectivity index (χ3n) is 8.65. The standard InChI is InChI=1S/C38H55N3O4.C4H10/c1-8-10-34(16-12-32-13-17-35(18-14-32)45-25-20-39-37(42)11-9-2)41(22-21-40-23-26-44-27-24-40)36-19-15-33(28-30(36)5)38(29(3)4)31(6)43-7;1-3-4-2/h10,13-15,17-19,28H,3,8-9,11-12,16,20-27H2,1-2,4-7H3,(H,39,42);3-4H2,1-2H3/b34-10+,38-31+;. The number of hydrogen-bond donors (Lipinski definition) is 1. The van der Waals surface area contributed by atoms with E-state index in [0.29, 0.717) is 19.6 Å². The number of carbonyl (C=O) groups is 1. The van der Waals surface area contributed by atoms with Crippen molar-refractivity contribution >= 4 is 17.2 Å². The zero-order chi connectivity index (χ0) is 36.0. The number of rotatable bonds is 19. The number of morpholine rings is 1. The molecule has 1 N–H and O–H groups in total. The summed E-state index contributed by atoms with van der Waals surface area (Å²) in [5, 5.41) is 2.89. The first-order chi connectivity index (χ1) is 23.7. The van der Waals surface area contributed by atoms with E-state index in [-0.39, 0.29) is 5.91 Å². The van der Waals surface area contributed by atoms with Gasteiger partial charge in [0.1, 0.15) is 18.1 Å². The topological polar surface area (TPSA) is 63.3 Å². The van der Waals surface area contributed by atoms with Gasteiger partial charge in [0.05, 0.1) is 26.9 Å². The molecule has 0 bridgehead atoms. The number of amides is 1. The van der Waals surface area contributed by atoms with Crippen LogP contribution in [0.5, 0.6) is 5.75 Å². The Labute approximate surface area is 298 Å². The molecule has 7 nitrogen and oxygen atoms in total. The molecule has 7 heteroatoms. The summed E-state index contributed by atoms with van der Waals surface area (Å²) in [6.07, 6.45) is 9.26. The van der Waals surface area contributed by atoms with Gasteiger partial charge in [-0.3, -0.25) is 9.69 Å². The molecule has 272 valence electrons. The second-order valence-electron chi connectivity index (χ2n) is 12.7. The molecule has 1 fully saturated rings. The van der Waals surface area contributed by atoms with E-state index in [4.69, 9.17) is 14.2 Å². The van der Waals surface area contributed by atoms with Gasteiger partial charge in [-0.05, 0) is 93.0 Å². The van der Waals surface area contributed by atoms with E-state index in [2.05, 4.69) is 85.8 Å². The maximum atomic E-state index is 11.7. The van der Waals surface area contributed by atoms with E-state index in [9.17, 15) is 4.79 Å². The summed E-state index contributed by atoms with van der Waals surface area (Å²) in [6.45, 7) is 25.4. The predicted molar refractivity (Wildman–Crippen MR) is 207 cm³/mol. The number of anilines is 1. The summed E-state index contributed by atoms with van der Waals surface area (Å²) < 4.78 is 17.1. The minimum Gasteiger partial charge on any atom is -0.501 e. The Balaban J connectivity index is 0.00000197. The van der Waals surface area contributed by atoms with Crippen molar-refractivity contribution in [2.75, 3.05) is 64.6 Å². The Morgan fingerprint density at radius 3 is 2.27 bits per heavy atom. The second-order valence-corrected chi connectivity index (χ2v) is 12.7. The van der Waals surface area contributed by atoms with Gasteiger partial charge in [0.15, 0.2) is 0 Å². The first-order valence-electron chi connectivity index (χ1n) is 18.5. The van der Waals surface area contributed by atoms with Gasteiger partial charge in [0.25, 0.3) is 0 Å². The third kappa shape index (κ3) is 14.8. The van der Waals surface area contributed by atoms with Crippen LogP contribution in [0.4, 0.5) is 5.69 Å². The van der Waals surface area contributed by atoms with Crippen molar-refractivity contribution in [3.05, 3.63) is 88.8 Å². The SMILES string of the molecule is C=C(C)/C(=C(/C)OC)c1ccc(N(CCN2CCOCC2)/C(=C/CC)CCc2ccc(OCCNC(=O)CCC)cc2)c(C)c1.CCCC. The maximum Gasteiger partial charge on any atom is 0.220 e. The molecular weight excluding hydrogens is 610 g/mol. The lowest BCUT2D eigenvalue weighted by Gasteiger charge is -2.34. The van der Waals surface area contributed by atoms with Crippen LogP contribution in [-0.4, -0.2) is 70.5 Å². The number of unbranched alkanes of at least 4 members (excludes halogenated alkanes) is 1. The van der Waals surface area contributed by atoms with Crippen molar-refractivity contribution in [1.29, 1.82) is 0 Å². The van der Waals surface area contributed by atoms with Gasteiger partial charge in [-0.1, -0.05) is 71.4 Å². The molecule has 0 atom stereocenters. The molecule has 0 spiro atoms. The number of hydrogen-bond acceptors (Lipinski definition) is 6. The Kier molecular flexibility index (Phi) is 20.2. The highest BCUT2D eigenvalue weighted by Gasteiger charge is 2.19. The quantitative estimate of drug-likeness (QED) is 0.0911. The van der Waals surface area contributed by atoms with E-state index >= 15 is 0 Å². The van der Waals surface area contributed by atoms with Gasteiger partial charge < -0.3 is 24.4 Å². The van der Waals surface area contributed by atoms with Gasteiger partial charge >= 0.3 is 0 Å². The van der Waals surface area contributed by atoms with Crippen molar-refractivity contribution in [3.8, 4) is 5.75 Å². The van der Waals surface area contributed by atoms with Gasteiger partial charge in [-0.2, -0.15) is 0 Å². The van der Waals surface area contributed by atoms with Crippen LogP contribution >= 0.6 is 0 Å². The fraction of sp³-hybridized carbons (Fsp3) is 0.548. The molecule has 1 aliphatic rings. The summed E-state index contributed by atoms with van der Waals surface area (Å²) in [5.74, 6) is 1.77. The van der Waals surface area contributed by atoms with Crippen LogP contribution in [0.3, 0.4) is 0 Å². The van der Waals surface area contributed by atoms with Crippen molar-refractivity contribution < 1.29 is 19.0 Å². The van der Waals surface area contributed by atoms with Crippen LogP contribution in [0.1, 0.15) is 96.8 Å². The fourth-order valence-electron chi connectivity index (χ4n) is 5.73. The highest BCUT2D eigenvalue weighted by molar-refractivity contribution is 5.81. The van der Waals surface area contributed by atoms with Gasteiger partial charge in [-0.15, -0.1) is 0 Å². The van der Waals surface area contributed by atoms with Crippen molar-refractivity contribution in [2.24, 2.45) is 0 Å². The molecule has 1 heterocycles. The number of methoxy groups -OCH3 is 1. The summed E-state index contributed by atoms with van der Waals surface area (Å²) in [6, 6.07) is 15.1. The maximum absolute atomic E-state index is 11.7. The van der Waals surface area contributed by atoms with Crippen LogP contribution in [0, 0.1) is 6.92 Å². The van der Waals surface area contributed by atoms with Crippen LogP contribution in [0.15, 0.2) is 72.1 Å². The zero-order valence-electron chi connectivity index (χ0n) is 32.0. The number of nitrogens with zero attached hydrogens (tertiary/aromatic N) is 2. The molecule has 0 aromatic heterocycles. The smallest absolute Gasteiger partial charge is 0.220 e. The summed E-state index contributed by atoms with van der Waals surface area (Å²) in [4.78, 5) is 16.7. The number of carbonyl (C=O) groups excluding carboxylic acids is 1. The molecule has 2 aromatic rings. The molecule has 2 aromatic carbocycles. The molecule has 1 amide bonds. The molecule has 49 heavy (non-hydrogen) atoms. The molecule has 3 rings (SSSR count). The Hall–Kier alpha value is -3.55. The van der Waals surface area contributed by atoms with Gasteiger partial charge in [0, 0.05) is 49.6 Å². The van der Waals surface area contributed by atoms with E-state index < -0.39 is 0 Å². The zero-order valence-corrected chi connectivity index (χ0v) is 32.0. The number of ether oxygens (including phenoxy) is 3. The minimum atomic E-state index is 0.0761. The highest BCUT2D eigenvalue weighted by atomic mass is 16.5. The van der Waals surface area contributed by atoms with Gasteiger partial charge in [-0.25, -0.2) is 0 Å². The fourth-order valence-corrected chi connectivity index (χ4v) is 5.73. The number of nitrogens with one attached hydrogen (secondary N) is 1. The lowest BCUT2D eigenvalue weighted by atomic mass is 9.96. The molecule has 1 saturated heterocycles. The predicted octanol–water partition coefficient (Wildman–Crippen LogP) is 9.12. The molecular formula is C42H65N3O4. The van der Waals surface area contributed by atoms with Gasteiger partial charge in [0.2, 0.25) is 5.91 Å². The summed E-state index contributed by atoms with van der Waals surface area (Å²) >= 11 is 0. The minimum absolute atomic E-state index is 0.0761. The summed E-state index contributed by atoms with van der Waals surface area (Å²) in [7, 11) is 1.71. The Morgan fingerprint density at radius 2 is 1.69 bits per heavy atom. The number of aryl methyl sites for hydroxylation is 2. The Morgan fingerprint density at radius 1 is 1.00 bits per heavy atom. The second kappa shape index (κ2) is 23.7. The van der Waals surface area contributed by atoms with Crippen LogP contribution in [0.25, 0.3) is 5.57 Å². The number of allylic oxidation sites excluding steroid dienone is 5. The van der Waals surface area contributed by atoms with Crippen LogP contribution in [0.2, 0.25) is 0 Å². The highest BCUT2D eigenvalue weighted by Crippen LogP contribution is 2.32. The largest absolute Gasteiger partial charge is 0.501 e.